The predicted molar refractivity (Wildman–Crippen MR) is 87.8 cm³/mol. The van der Waals surface area contributed by atoms with E-state index in [4.69, 9.17) is 16.7 Å². The zero-order chi connectivity index (χ0) is 16.8. The molecule has 2 aromatic carbocycles. The van der Waals surface area contributed by atoms with Gasteiger partial charge in [-0.05, 0) is 54.8 Å². The van der Waals surface area contributed by atoms with Gasteiger partial charge in [-0.3, -0.25) is 4.31 Å². The summed E-state index contributed by atoms with van der Waals surface area (Å²) in [6.07, 6.45) is 0.481. The van der Waals surface area contributed by atoms with E-state index in [2.05, 4.69) is 0 Å². The Balaban J connectivity index is 2.04. The van der Waals surface area contributed by atoms with Crippen LogP contribution in [0.15, 0.2) is 41.3 Å². The number of carboxylic acid groups (broad SMARTS) is 1. The van der Waals surface area contributed by atoms with E-state index in [0.29, 0.717) is 22.7 Å². The highest BCUT2D eigenvalue weighted by Gasteiger charge is 2.31. The van der Waals surface area contributed by atoms with Crippen LogP contribution in [-0.2, 0) is 16.4 Å². The number of hydrogen-bond donors (Lipinski definition) is 1. The smallest absolute Gasteiger partial charge is 0.335 e. The first-order valence-corrected chi connectivity index (χ1v) is 8.77. The van der Waals surface area contributed by atoms with Crippen LogP contribution in [0.5, 0.6) is 0 Å². The topological polar surface area (TPSA) is 74.7 Å². The molecule has 23 heavy (non-hydrogen) atoms. The van der Waals surface area contributed by atoms with Gasteiger partial charge >= 0.3 is 5.97 Å². The van der Waals surface area contributed by atoms with E-state index >= 15 is 0 Å². The highest BCUT2D eigenvalue weighted by Crippen LogP contribution is 2.34. The Kier molecular flexibility index (Phi) is 3.82. The van der Waals surface area contributed by atoms with Crippen molar-refractivity contribution in [3.05, 3.63) is 58.1 Å². The van der Waals surface area contributed by atoms with Crippen molar-refractivity contribution in [3.63, 3.8) is 0 Å². The highest BCUT2D eigenvalue weighted by molar-refractivity contribution is 7.92. The van der Waals surface area contributed by atoms with Crippen LogP contribution < -0.4 is 4.31 Å². The van der Waals surface area contributed by atoms with Crippen molar-refractivity contribution >= 4 is 33.3 Å². The molecule has 0 aliphatic carbocycles. The van der Waals surface area contributed by atoms with Crippen molar-refractivity contribution < 1.29 is 18.3 Å². The second kappa shape index (κ2) is 5.54. The van der Waals surface area contributed by atoms with Gasteiger partial charge in [-0.15, -0.1) is 0 Å². The first-order valence-electron chi connectivity index (χ1n) is 6.96. The number of fused-ring (bicyclic) bond motifs is 1. The summed E-state index contributed by atoms with van der Waals surface area (Å²) in [4.78, 5) is 11.2. The summed E-state index contributed by atoms with van der Waals surface area (Å²) >= 11 is 6.03. The minimum atomic E-state index is -3.72. The normalized spacial score (nSPS) is 13.9. The predicted octanol–water partition coefficient (Wildman–Crippen LogP) is 3.10. The Morgan fingerprint density at radius 3 is 2.61 bits per heavy atom. The Bertz CT molecular complexity index is 908. The molecule has 0 unspecified atom stereocenters. The minimum absolute atomic E-state index is 0.128. The summed E-state index contributed by atoms with van der Waals surface area (Å²) in [5.74, 6) is -1.03. The van der Waals surface area contributed by atoms with E-state index in [1.807, 2.05) is 0 Å². The molecule has 1 N–H and O–H groups in total. The zero-order valence-electron chi connectivity index (χ0n) is 12.3. The maximum absolute atomic E-state index is 12.8. The van der Waals surface area contributed by atoms with E-state index in [9.17, 15) is 13.2 Å². The average Bonchev–Trinajstić information content (AvgIpc) is 2.93. The van der Waals surface area contributed by atoms with Crippen LogP contribution >= 0.6 is 11.6 Å². The lowest BCUT2D eigenvalue weighted by molar-refractivity contribution is 0.0697. The fraction of sp³-hybridized carbons (Fsp3) is 0.188. The van der Waals surface area contributed by atoms with Gasteiger partial charge < -0.3 is 5.11 Å². The fourth-order valence-electron chi connectivity index (χ4n) is 2.62. The summed E-state index contributed by atoms with van der Waals surface area (Å²) in [7, 11) is -3.72. The molecule has 0 saturated heterocycles. The molecule has 0 saturated carbocycles. The summed E-state index contributed by atoms with van der Waals surface area (Å²) < 4.78 is 27.0. The molecule has 1 aliphatic heterocycles. The van der Waals surface area contributed by atoms with Crippen molar-refractivity contribution in [2.75, 3.05) is 10.8 Å². The maximum atomic E-state index is 12.8. The van der Waals surface area contributed by atoms with Crippen molar-refractivity contribution in [3.8, 4) is 0 Å². The number of rotatable bonds is 3. The van der Waals surface area contributed by atoms with Crippen LogP contribution in [0.1, 0.15) is 21.5 Å². The van der Waals surface area contributed by atoms with Gasteiger partial charge in [0.05, 0.1) is 16.1 Å². The third-order valence-corrected chi connectivity index (χ3v) is 6.13. The van der Waals surface area contributed by atoms with Crippen LogP contribution in [0.3, 0.4) is 0 Å². The number of anilines is 1. The maximum Gasteiger partial charge on any atom is 0.335 e. The molecule has 0 spiro atoms. The molecule has 0 atom stereocenters. The van der Waals surface area contributed by atoms with Crippen molar-refractivity contribution in [1.82, 2.24) is 0 Å². The molecule has 0 aromatic heterocycles. The fourth-order valence-corrected chi connectivity index (χ4v) is 4.39. The standard InChI is InChI=1S/C16H14ClNO4S/c1-10-2-4-13(9-14(10)17)23(21,22)18-7-6-11-8-12(16(19)20)3-5-15(11)18/h2-5,8-9H,6-7H2,1H3,(H,19,20). The minimum Gasteiger partial charge on any atom is -0.478 e. The molecule has 0 bridgehead atoms. The van der Waals surface area contributed by atoms with Crippen LogP contribution in [0.25, 0.3) is 0 Å². The number of carbonyl (C=O) groups is 1. The molecule has 0 fully saturated rings. The SMILES string of the molecule is Cc1ccc(S(=O)(=O)N2CCc3cc(C(=O)O)ccc32)cc1Cl. The first kappa shape index (κ1) is 15.8. The zero-order valence-corrected chi connectivity index (χ0v) is 13.9. The number of halogens is 1. The van der Waals surface area contributed by atoms with Crippen LogP contribution in [0.4, 0.5) is 5.69 Å². The average molecular weight is 352 g/mol. The number of aromatic carboxylic acids is 1. The Morgan fingerprint density at radius 1 is 1.22 bits per heavy atom. The van der Waals surface area contributed by atoms with E-state index in [0.717, 1.165) is 5.56 Å². The molecule has 120 valence electrons. The molecule has 2 aromatic rings. The van der Waals surface area contributed by atoms with Crippen molar-refractivity contribution in [1.29, 1.82) is 0 Å². The Morgan fingerprint density at radius 2 is 1.96 bits per heavy atom. The van der Waals surface area contributed by atoms with Gasteiger partial charge in [0.2, 0.25) is 0 Å². The third-order valence-electron chi connectivity index (χ3n) is 3.91. The molecule has 0 radical (unpaired) electrons. The van der Waals surface area contributed by atoms with Crippen LogP contribution in [-0.4, -0.2) is 26.0 Å². The summed E-state index contributed by atoms with van der Waals surface area (Å²) in [5, 5.41) is 9.42. The van der Waals surface area contributed by atoms with Gasteiger partial charge in [0, 0.05) is 11.6 Å². The van der Waals surface area contributed by atoms with Crippen molar-refractivity contribution in [2.45, 2.75) is 18.2 Å². The second-order valence-electron chi connectivity index (χ2n) is 5.39. The number of benzene rings is 2. The largest absolute Gasteiger partial charge is 0.478 e. The summed E-state index contributed by atoms with van der Waals surface area (Å²) in [6, 6.07) is 9.11. The van der Waals surface area contributed by atoms with Gasteiger partial charge in [-0.2, -0.15) is 0 Å². The van der Waals surface area contributed by atoms with Gasteiger partial charge in [0.1, 0.15) is 0 Å². The van der Waals surface area contributed by atoms with Gasteiger partial charge in [0.15, 0.2) is 0 Å². The van der Waals surface area contributed by atoms with E-state index in [1.165, 1.54) is 28.6 Å². The molecule has 7 heteroatoms. The summed E-state index contributed by atoms with van der Waals surface area (Å²) in [5.41, 5.74) is 2.19. The molecule has 3 rings (SSSR count). The Hall–Kier alpha value is -2.05. The van der Waals surface area contributed by atoms with Crippen LogP contribution in [0, 0.1) is 6.92 Å². The van der Waals surface area contributed by atoms with E-state index < -0.39 is 16.0 Å². The van der Waals surface area contributed by atoms with Gasteiger partial charge in [0.25, 0.3) is 10.0 Å². The lowest BCUT2D eigenvalue weighted by Gasteiger charge is -2.20. The number of aryl methyl sites for hydroxylation is 1. The molecule has 1 heterocycles. The highest BCUT2D eigenvalue weighted by atomic mass is 35.5. The van der Waals surface area contributed by atoms with Crippen LogP contribution in [0.2, 0.25) is 5.02 Å². The number of carboxylic acids is 1. The molecular weight excluding hydrogens is 338 g/mol. The van der Waals surface area contributed by atoms with E-state index in [-0.39, 0.29) is 17.0 Å². The lowest BCUT2D eigenvalue weighted by Crippen LogP contribution is -2.29. The van der Waals surface area contributed by atoms with Crippen molar-refractivity contribution in [2.24, 2.45) is 0 Å². The number of nitrogens with zero attached hydrogens (tertiary/aromatic N) is 1. The summed E-state index contributed by atoms with van der Waals surface area (Å²) in [6.45, 7) is 2.09. The quantitative estimate of drug-likeness (QED) is 0.922. The molecular formula is C16H14ClNO4S. The molecule has 5 nitrogen and oxygen atoms in total. The van der Waals surface area contributed by atoms with Gasteiger partial charge in [-0.1, -0.05) is 17.7 Å². The first-order chi connectivity index (χ1) is 10.8. The van der Waals surface area contributed by atoms with Gasteiger partial charge in [-0.25, -0.2) is 13.2 Å². The number of hydrogen-bond acceptors (Lipinski definition) is 3. The van der Waals surface area contributed by atoms with E-state index in [1.54, 1.807) is 19.1 Å². The molecule has 0 amide bonds. The third kappa shape index (κ3) is 2.68. The second-order valence-corrected chi connectivity index (χ2v) is 7.66. The number of sulfonamides is 1. The monoisotopic (exact) mass is 351 g/mol. The Labute approximate surface area is 139 Å². The molecule has 1 aliphatic rings. The lowest BCUT2D eigenvalue weighted by atomic mass is 10.1.